The lowest BCUT2D eigenvalue weighted by Crippen LogP contribution is -2.37. The van der Waals surface area contributed by atoms with Crippen molar-refractivity contribution in [1.82, 2.24) is 9.88 Å². The minimum absolute atomic E-state index is 0. The zero-order valence-electron chi connectivity index (χ0n) is 15.3. The molecule has 1 amide bonds. The molecule has 0 saturated heterocycles. The topological polar surface area (TPSA) is 45.7 Å². The zero-order chi connectivity index (χ0) is 18.7. The number of hydrogen-bond donors (Lipinski definition) is 0. The molecule has 1 heterocycles. The van der Waals surface area contributed by atoms with Crippen LogP contribution in [0.3, 0.4) is 0 Å². The van der Waals surface area contributed by atoms with Crippen molar-refractivity contribution < 1.29 is 13.9 Å². The molecule has 0 fully saturated rings. The van der Waals surface area contributed by atoms with Crippen molar-refractivity contribution in [3.63, 3.8) is 0 Å². The van der Waals surface area contributed by atoms with Gasteiger partial charge in [-0.1, -0.05) is 29.5 Å². The van der Waals surface area contributed by atoms with Gasteiger partial charge in [-0.25, -0.2) is 9.37 Å². The van der Waals surface area contributed by atoms with Crippen LogP contribution in [-0.4, -0.2) is 50.1 Å². The lowest BCUT2D eigenvalue weighted by atomic mass is 10.2. The molecule has 1 aromatic heterocycles. The van der Waals surface area contributed by atoms with E-state index >= 15 is 0 Å². The maximum Gasteiger partial charge on any atom is 0.263 e. The molecule has 27 heavy (non-hydrogen) atoms. The lowest BCUT2D eigenvalue weighted by Gasteiger charge is -2.22. The Hall–Kier alpha value is -2.22. The van der Waals surface area contributed by atoms with Crippen LogP contribution in [0.25, 0.3) is 10.2 Å². The summed E-state index contributed by atoms with van der Waals surface area (Å²) < 4.78 is 20.4. The van der Waals surface area contributed by atoms with Crippen LogP contribution in [0, 0.1) is 5.82 Å². The van der Waals surface area contributed by atoms with E-state index in [2.05, 4.69) is 4.98 Å². The third-order valence-corrected chi connectivity index (χ3v) is 4.99. The molecule has 8 heteroatoms. The van der Waals surface area contributed by atoms with E-state index in [4.69, 9.17) is 4.74 Å². The van der Waals surface area contributed by atoms with E-state index < -0.39 is 11.7 Å². The number of aromatic nitrogens is 1. The largest absolute Gasteiger partial charge is 0.494 e. The van der Waals surface area contributed by atoms with Gasteiger partial charge in [0.1, 0.15) is 17.1 Å². The predicted molar refractivity (Wildman–Crippen MR) is 110 cm³/mol. The van der Waals surface area contributed by atoms with Gasteiger partial charge in [0, 0.05) is 13.1 Å². The normalized spacial score (nSPS) is 10.7. The number of amides is 1. The van der Waals surface area contributed by atoms with E-state index in [9.17, 15) is 9.18 Å². The Morgan fingerprint density at radius 3 is 2.56 bits per heavy atom. The summed E-state index contributed by atoms with van der Waals surface area (Å²) in [6.45, 7) is 1.04. The molecule has 5 nitrogen and oxygen atoms in total. The number of anilines is 1. The van der Waals surface area contributed by atoms with Crippen LogP contribution in [0.1, 0.15) is 10.4 Å². The molecular formula is C19H21ClFN3O2S. The van der Waals surface area contributed by atoms with Crippen LogP contribution in [-0.2, 0) is 0 Å². The summed E-state index contributed by atoms with van der Waals surface area (Å²) >= 11 is 1.39. The Morgan fingerprint density at radius 1 is 1.15 bits per heavy atom. The average Bonchev–Trinajstić information content (AvgIpc) is 3.05. The van der Waals surface area contributed by atoms with Crippen LogP contribution in [0.5, 0.6) is 5.75 Å². The van der Waals surface area contributed by atoms with Crippen molar-refractivity contribution >= 4 is 45.0 Å². The van der Waals surface area contributed by atoms with Gasteiger partial charge in [0.2, 0.25) is 0 Å². The van der Waals surface area contributed by atoms with E-state index in [1.165, 1.54) is 28.4 Å². The van der Waals surface area contributed by atoms with Crippen molar-refractivity contribution in [2.24, 2.45) is 0 Å². The smallest absolute Gasteiger partial charge is 0.263 e. The van der Waals surface area contributed by atoms with Crippen LogP contribution in [0.15, 0.2) is 42.5 Å². The van der Waals surface area contributed by atoms with Crippen molar-refractivity contribution in [2.45, 2.75) is 0 Å². The van der Waals surface area contributed by atoms with Crippen molar-refractivity contribution in [3.05, 3.63) is 53.8 Å². The van der Waals surface area contributed by atoms with Crippen LogP contribution in [0.2, 0.25) is 0 Å². The van der Waals surface area contributed by atoms with Gasteiger partial charge in [0.25, 0.3) is 5.91 Å². The van der Waals surface area contributed by atoms with Gasteiger partial charge in [-0.15, -0.1) is 12.4 Å². The summed E-state index contributed by atoms with van der Waals surface area (Å²) in [6.07, 6.45) is 0. The van der Waals surface area contributed by atoms with Gasteiger partial charge in [0.05, 0.1) is 17.4 Å². The van der Waals surface area contributed by atoms with Gasteiger partial charge in [-0.05, 0) is 38.4 Å². The Labute approximate surface area is 167 Å². The standard InChI is InChI=1S/C19H20FN3O2S.ClH/c1-22(2)11-12-23(18(24)13-7-4-5-8-14(13)20)19-21-17-15(25-3)9-6-10-16(17)26-19;/h4-10H,11-12H2,1-3H3;1H. The molecular weight excluding hydrogens is 389 g/mol. The summed E-state index contributed by atoms with van der Waals surface area (Å²) in [4.78, 5) is 21.1. The fourth-order valence-electron chi connectivity index (χ4n) is 2.56. The van der Waals surface area contributed by atoms with E-state index in [1.807, 2.05) is 37.2 Å². The average molecular weight is 410 g/mol. The number of carbonyl (C=O) groups excluding carboxylic acids is 1. The summed E-state index contributed by atoms with van der Waals surface area (Å²) in [7, 11) is 5.43. The predicted octanol–water partition coefficient (Wildman–Crippen LogP) is 4.07. The van der Waals surface area contributed by atoms with Crippen molar-refractivity contribution in [1.29, 1.82) is 0 Å². The first kappa shape index (κ1) is 21.1. The number of rotatable bonds is 6. The Bertz CT molecular complexity index is 932. The highest BCUT2D eigenvalue weighted by Crippen LogP contribution is 2.34. The van der Waals surface area contributed by atoms with Crippen LogP contribution in [0.4, 0.5) is 9.52 Å². The third kappa shape index (κ3) is 4.55. The van der Waals surface area contributed by atoms with Gasteiger partial charge < -0.3 is 9.64 Å². The number of likely N-dealkylation sites (N-methyl/N-ethyl adjacent to an activating group) is 1. The summed E-state index contributed by atoms with van der Waals surface area (Å²) in [5, 5.41) is 0.527. The first-order chi connectivity index (χ1) is 12.5. The molecule has 0 bridgehead atoms. The fraction of sp³-hybridized carbons (Fsp3) is 0.263. The molecule has 0 radical (unpaired) electrons. The van der Waals surface area contributed by atoms with Gasteiger partial charge >= 0.3 is 0 Å². The second kappa shape index (κ2) is 9.12. The number of para-hydroxylation sites is 1. The van der Waals surface area contributed by atoms with Crippen LogP contribution >= 0.6 is 23.7 Å². The molecule has 0 N–H and O–H groups in total. The highest BCUT2D eigenvalue weighted by atomic mass is 35.5. The maximum absolute atomic E-state index is 14.1. The minimum Gasteiger partial charge on any atom is -0.494 e. The maximum atomic E-state index is 14.1. The molecule has 0 atom stereocenters. The highest BCUT2D eigenvalue weighted by molar-refractivity contribution is 7.22. The molecule has 0 saturated carbocycles. The molecule has 3 rings (SSSR count). The number of methoxy groups -OCH3 is 1. The Kier molecular flexibility index (Phi) is 7.12. The van der Waals surface area contributed by atoms with Gasteiger partial charge in [0.15, 0.2) is 5.13 Å². The molecule has 0 aliphatic carbocycles. The highest BCUT2D eigenvalue weighted by Gasteiger charge is 2.24. The van der Waals surface area contributed by atoms with Gasteiger partial charge in [-0.2, -0.15) is 0 Å². The quantitative estimate of drug-likeness (QED) is 0.615. The van der Waals surface area contributed by atoms with E-state index in [1.54, 1.807) is 19.2 Å². The number of hydrogen-bond acceptors (Lipinski definition) is 5. The number of fused-ring (bicyclic) bond motifs is 1. The lowest BCUT2D eigenvalue weighted by molar-refractivity contribution is 0.0981. The first-order valence-corrected chi connectivity index (χ1v) is 8.97. The second-order valence-electron chi connectivity index (χ2n) is 6.04. The summed E-state index contributed by atoms with van der Waals surface area (Å²) in [5.41, 5.74) is 0.740. The SMILES string of the molecule is COc1cccc2sc(N(CCN(C)C)C(=O)c3ccccc3F)nc12.Cl. The third-order valence-electron chi connectivity index (χ3n) is 3.94. The summed E-state index contributed by atoms with van der Waals surface area (Å²) in [6, 6.07) is 11.6. The Balaban J connectivity index is 0.00000261. The van der Waals surface area contributed by atoms with E-state index in [-0.39, 0.29) is 18.0 Å². The van der Waals surface area contributed by atoms with Crippen molar-refractivity contribution in [3.8, 4) is 5.75 Å². The minimum atomic E-state index is -0.536. The number of carbonyl (C=O) groups is 1. The van der Waals surface area contributed by atoms with E-state index in [0.717, 1.165) is 4.70 Å². The van der Waals surface area contributed by atoms with Crippen molar-refractivity contribution in [2.75, 3.05) is 39.2 Å². The molecule has 0 aliphatic rings. The Morgan fingerprint density at radius 2 is 1.89 bits per heavy atom. The van der Waals surface area contributed by atoms with Crippen LogP contribution < -0.4 is 9.64 Å². The summed E-state index contributed by atoms with van der Waals surface area (Å²) in [5.74, 6) is -0.287. The monoisotopic (exact) mass is 409 g/mol. The number of nitrogens with zero attached hydrogens (tertiary/aromatic N) is 3. The molecule has 2 aromatic carbocycles. The fourth-order valence-corrected chi connectivity index (χ4v) is 3.56. The molecule has 0 unspecified atom stereocenters. The number of thiazole rings is 1. The molecule has 144 valence electrons. The molecule has 3 aromatic rings. The number of benzene rings is 2. The molecule has 0 aliphatic heterocycles. The number of halogens is 2. The number of ether oxygens (including phenoxy) is 1. The molecule has 0 spiro atoms. The van der Waals surface area contributed by atoms with Gasteiger partial charge in [-0.3, -0.25) is 9.69 Å². The zero-order valence-corrected chi connectivity index (χ0v) is 16.9. The second-order valence-corrected chi connectivity index (χ2v) is 7.05. The first-order valence-electron chi connectivity index (χ1n) is 8.16. The van der Waals surface area contributed by atoms with E-state index in [0.29, 0.717) is 29.5 Å².